The molecule has 0 amide bonds. The number of rotatable bonds is 5. The molecule has 0 atom stereocenters. The topological polar surface area (TPSA) is 38.0 Å². The summed E-state index contributed by atoms with van der Waals surface area (Å²) in [6, 6.07) is 6.57. The van der Waals surface area contributed by atoms with Crippen molar-refractivity contribution < 1.29 is 5.11 Å². The average molecular weight is 347 g/mol. The average Bonchev–Trinajstić information content (AvgIpc) is 3.03. The van der Waals surface area contributed by atoms with Gasteiger partial charge in [-0.1, -0.05) is 40.5 Å². The standard InChI is InChI=1S/C20H30N2OS/c1-5-24-15-8-9-17-16(12-15)21-18(13-19(2,3)4)22(17)14-20(23)10-6-7-11-20/h8-9,12,23H,5-7,10-11,13-14H2,1-4H3. The molecule has 1 fully saturated rings. The molecule has 1 heterocycles. The summed E-state index contributed by atoms with van der Waals surface area (Å²) in [7, 11) is 0. The third-order valence-electron chi connectivity index (χ3n) is 4.78. The van der Waals surface area contributed by atoms with Crippen LogP contribution in [-0.2, 0) is 13.0 Å². The van der Waals surface area contributed by atoms with Crippen molar-refractivity contribution in [1.82, 2.24) is 9.55 Å². The van der Waals surface area contributed by atoms with Gasteiger partial charge in [-0.15, -0.1) is 11.8 Å². The van der Waals surface area contributed by atoms with Crippen LogP contribution in [0.3, 0.4) is 0 Å². The number of imidazole rings is 1. The number of aliphatic hydroxyl groups is 1. The molecule has 2 aromatic rings. The number of hydrogen-bond donors (Lipinski definition) is 1. The monoisotopic (exact) mass is 346 g/mol. The van der Waals surface area contributed by atoms with Gasteiger partial charge in [0.15, 0.2) is 0 Å². The smallest absolute Gasteiger partial charge is 0.110 e. The van der Waals surface area contributed by atoms with Crippen LogP contribution in [0.1, 0.15) is 59.2 Å². The van der Waals surface area contributed by atoms with Gasteiger partial charge in [-0.05, 0) is 42.2 Å². The van der Waals surface area contributed by atoms with Crippen LogP contribution in [0.15, 0.2) is 23.1 Å². The van der Waals surface area contributed by atoms with Crippen molar-refractivity contribution in [3.8, 4) is 0 Å². The molecule has 24 heavy (non-hydrogen) atoms. The first-order valence-electron chi connectivity index (χ1n) is 9.14. The molecule has 0 saturated heterocycles. The fraction of sp³-hybridized carbons (Fsp3) is 0.650. The number of hydrogen-bond acceptors (Lipinski definition) is 3. The molecule has 4 heteroatoms. The van der Waals surface area contributed by atoms with E-state index in [2.05, 4.69) is 50.5 Å². The Kier molecular flexibility index (Phi) is 4.99. The number of nitrogens with zero attached hydrogens (tertiary/aromatic N) is 2. The molecule has 1 aliphatic rings. The van der Waals surface area contributed by atoms with E-state index in [1.165, 1.54) is 4.90 Å². The molecule has 0 unspecified atom stereocenters. The molecular formula is C20H30N2OS. The zero-order valence-corrected chi connectivity index (χ0v) is 16.2. The number of aromatic nitrogens is 2. The lowest BCUT2D eigenvalue weighted by Crippen LogP contribution is -2.31. The van der Waals surface area contributed by atoms with Crippen LogP contribution in [0.25, 0.3) is 11.0 Å². The van der Waals surface area contributed by atoms with Gasteiger partial charge in [0, 0.05) is 11.3 Å². The van der Waals surface area contributed by atoms with Crippen LogP contribution in [-0.4, -0.2) is 26.0 Å². The summed E-state index contributed by atoms with van der Waals surface area (Å²) >= 11 is 1.85. The summed E-state index contributed by atoms with van der Waals surface area (Å²) in [5, 5.41) is 10.9. The molecule has 0 spiro atoms. The largest absolute Gasteiger partial charge is 0.388 e. The molecule has 1 N–H and O–H groups in total. The Morgan fingerprint density at radius 2 is 1.96 bits per heavy atom. The van der Waals surface area contributed by atoms with E-state index in [9.17, 15) is 5.11 Å². The molecule has 0 aliphatic heterocycles. The number of benzene rings is 1. The third-order valence-corrected chi connectivity index (χ3v) is 5.66. The van der Waals surface area contributed by atoms with E-state index < -0.39 is 5.60 Å². The van der Waals surface area contributed by atoms with Gasteiger partial charge in [0.2, 0.25) is 0 Å². The molecule has 1 saturated carbocycles. The number of fused-ring (bicyclic) bond motifs is 1. The Balaban J connectivity index is 2.03. The SMILES string of the molecule is CCSc1ccc2c(c1)nc(CC(C)(C)C)n2CC1(O)CCCC1. The van der Waals surface area contributed by atoms with Crippen molar-refractivity contribution in [2.75, 3.05) is 5.75 Å². The lowest BCUT2D eigenvalue weighted by molar-refractivity contribution is 0.0299. The second-order valence-electron chi connectivity index (χ2n) is 8.37. The van der Waals surface area contributed by atoms with Crippen LogP contribution in [0.5, 0.6) is 0 Å². The molecule has 1 aliphatic carbocycles. The normalized spacial score (nSPS) is 17.7. The van der Waals surface area contributed by atoms with Gasteiger partial charge in [0.05, 0.1) is 23.2 Å². The molecule has 3 rings (SSSR count). The van der Waals surface area contributed by atoms with Gasteiger partial charge in [0.25, 0.3) is 0 Å². The molecule has 0 radical (unpaired) electrons. The highest BCUT2D eigenvalue weighted by molar-refractivity contribution is 7.99. The van der Waals surface area contributed by atoms with Crippen LogP contribution >= 0.6 is 11.8 Å². The molecule has 3 nitrogen and oxygen atoms in total. The molecule has 132 valence electrons. The van der Waals surface area contributed by atoms with Crippen molar-refractivity contribution in [1.29, 1.82) is 0 Å². The van der Waals surface area contributed by atoms with E-state index in [1.54, 1.807) is 0 Å². The minimum absolute atomic E-state index is 0.179. The summed E-state index contributed by atoms with van der Waals surface area (Å²) in [6.45, 7) is 9.60. The number of thioether (sulfide) groups is 1. The fourth-order valence-electron chi connectivity index (χ4n) is 3.69. The van der Waals surface area contributed by atoms with E-state index in [0.717, 1.165) is 54.7 Å². The predicted molar refractivity (Wildman–Crippen MR) is 103 cm³/mol. The van der Waals surface area contributed by atoms with Gasteiger partial charge < -0.3 is 9.67 Å². The predicted octanol–water partition coefficient (Wildman–Crippen LogP) is 5.04. The Bertz CT molecular complexity index is 708. The van der Waals surface area contributed by atoms with E-state index >= 15 is 0 Å². The van der Waals surface area contributed by atoms with Crippen LogP contribution in [0.4, 0.5) is 0 Å². The first-order valence-corrected chi connectivity index (χ1v) is 10.1. The fourth-order valence-corrected chi connectivity index (χ4v) is 4.38. The minimum Gasteiger partial charge on any atom is -0.388 e. The maximum atomic E-state index is 10.9. The highest BCUT2D eigenvalue weighted by Crippen LogP contribution is 2.34. The van der Waals surface area contributed by atoms with Gasteiger partial charge >= 0.3 is 0 Å². The lowest BCUT2D eigenvalue weighted by Gasteiger charge is -2.26. The molecular weight excluding hydrogens is 316 g/mol. The quantitative estimate of drug-likeness (QED) is 0.771. The Morgan fingerprint density at radius 3 is 2.58 bits per heavy atom. The van der Waals surface area contributed by atoms with Crippen molar-refractivity contribution in [2.45, 2.75) is 76.8 Å². The molecule has 0 bridgehead atoms. The zero-order valence-electron chi connectivity index (χ0n) is 15.4. The summed E-state index contributed by atoms with van der Waals surface area (Å²) in [6.07, 6.45) is 5.01. The maximum Gasteiger partial charge on any atom is 0.110 e. The van der Waals surface area contributed by atoms with Crippen molar-refractivity contribution >= 4 is 22.8 Å². The molecule has 1 aromatic carbocycles. The van der Waals surface area contributed by atoms with Gasteiger partial charge in [0.1, 0.15) is 5.82 Å². The van der Waals surface area contributed by atoms with Crippen LogP contribution in [0, 0.1) is 5.41 Å². The summed E-state index contributed by atoms with van der Waals surface area (Å²) in [5.74, 6) is 2.18. The lowest BCUT2D eigenvalue weighted by atomic mass is 9.91. The van der Waals surface area contributed by atoms with E-state index in [1.807, 2.05) is 11.8 Å². The van der Waals surface area contributed by atoms with Gasteiger partial charge in [-0.2, -0.15) is 0 Å². The minimum atomic E-state index is -0.558. The van der Waals surface area contributed by atoms with Gasteiger partial charge in [-0.25, -0.2) is 4.98 Å². The van der Waals surface area contributed by atoms with E-state index in [4.69, 9.17) is 4.98 Å². The summed E-state index contributed by atoms with van der Waals surface area (Å²) in [4.78, 5) is 6.23. The summed E-state index contributed by atoms with van der Waals surface area (Å²) in [5.41, 5.74) is 1.85. The second-order valence-corrected chi connectivity index (χ2v) is 9.70. The molecule has 1 aromatic heterocycles. The Morgan fingerprint density at radius 1 is 1.25 bits per heavy atom. The maximum absolute atomic E-state index is 10.9. The summed E-state index contributed by atoms with van der Waals surface area (Å²) < 4.78 is 2.28. The van der Waals surface area contributed by atoms with Gasteiger partial charge in [-0.3, -0.25) is 0 Å². The first-order chi connectivity index (χ1) is 11.3. The first kappa shape index (κ1) is 17.8. The van der Waals surface area contributed by atoms with Crippen molar-refractivity contribution in [3.63, 3.8) is 0 Å². The van der Waals surface area contributed by atoms with E-state index in [-0.39, 0.29) is 5.41 Å². The van der Waals surface area contributed by atoms with Crippen LogP contribution in [0.2, 0.25) is 0 Å². The van der Waals surface area contributed by atoms with E-state index in [0.29, 0.717) is 6.54 Å². The van der Waals surface area contributed by atoms with Crippen molar-refractivity contribution in [2.24, 2.45) is 5.41 Å². The second kappa shape index (κ2) is 6.72. The highest BCUT2D eigenvalue weighted by atomic mass is 32.2. The third kappa shape index (κ3) is 3.97. The Hall–Kier alpha value is -1.00. The highest BCUT2D eigenvalue weighted by Gasteiger charge is 2.33. The zero-order chi connectivity index (χ0) is 17.4. The van der Waals surface area contributed by atoms with Crippen molar-refractivity contribution in [3.05, 3.63) is 24.0 Å². The van der Waals surface area contributed by atoms with Crippen LogP contribution < -0.4 is 0 Å². The Labute approximate surface area is 149 Å².